The van der Waals surface area contributed by atoms with Gasteiger partial charge >= 0.3 is 6.09 Å². The van der Waals surface area contributed by atoms with Crippen LogP contribution in [-0.4, -0.2) is 17.2 Å². The molecule has 1 fully saturated rings. The molecule has 1 aliphatic carbocycles. The van der Waals surface area contributed by atoms with E-state index in [1.54, 1.807) is 6.07 Å². The first-order chi connectivity index (χ1) is 9.95. The van der Waals surface area contributed by atoms with Gasteiger partial charge in [-0.3, -0.25) is 5.32 Å². The summed E-state index contributed by atoms with van der Waals surface area (Å²) in [4.78, 5) is 11.8. The SMILES string of the molecule is CC(C)(C)OC(=O)Nc1ccc(C(C)(C)C2(N)CC2)c(Cl)c1. The number of nitrogens with two attached hydrogens (primary N) is 1. The van der Waals surface area contributed by atoms with Crippen LogP contribution in [-0.2, 0) is 10.2 Å². The van der Waals surface area contributed by atoms with Gasteiger partial charge in [-0.05, 0) is 51.3 Å². The number of halogens is 1. The van der Waals surface area contributed by atoms with Crippen LogP contribution in [0.5, 0.6) is 0 Å². The second-order valence-electron chi connectivity index (χ2n) is 7.60. The Morgan fingerprint density at radius 2 is 1.86 bits per heavy atom. The van der Waals surface area contributed by atoms with Crippen molar-refractivity contribution in [2.45, 2.75) is 64.0 Å². The minimum atomic E-state index is -0.534. The lowest BCUT2D eigenvalue weighted by Gasteiger charge is -2.33. The molecule has 0 aromatic heterocycles. The van der Waals surface area contributed by atoms with E-state index in [9.17, 15) is 4.79 Å². The molecule has 1 aromatic carbocycles. The number of hydrogen-bond donors (Lipinski definition) is 2. The highest BCUT2D eigenvalue weighted by Gasteiger charge is 2.52. The molecule has 22 heavy (non-hydrogen) atoms. The zero-order chi connectivity index (χ0) is 16.8. The summed E-state index contributed by atoms with van der Waals surface area (Å²) in [6, 6.07) is 5.51. The lowest BCUT2D eigenvalue weighted by Crippen LogP contribution is -2.43. The summed E-state index contributed by atoms with van der Waals surface area (Å²) >= 11 is 6.42. The van der Waals surface area contributed by atoms with Gasteiger partial charge in [0.15, 0.2) is 0 Å². The second kappa shape index (κ2) is 5.43. The molecule has 122 valence electrons. The van der Waals surface area contributed by atoms with E-state index in [1.165, 1.54) is 0 Å². The normalized spacial score (nSPS) is 17.0. The Labute approximate surface area is 137 Å². The van der Waals surface area contributed by atoms with Crippen LogP contribution in [0.3, 0.4) is 0 Å². The zero-order valence-electron chi connectivity index (χ0n) is 13.9. The molecule has 0 atom stereocenters. The molecule has 0 aliphatic heterocycles. The average Bonchev–Trinajstić information content (AvgIpc) is 3.06. The third-order valence-corrected chi connectivity index (χ3v) is 4.63. The van der Waals surface area contributed by atoms with E-state index in [2.05, 4.69) is 19.2 Å². The fourth-order valence-electron chi connectivity index (χ4n) is 2.55. The van der Waals surface area contributed by atoms with Crippen LogP contribution in [0.2, 0.25) is 5.02 Å². The summed E-state index contributed by atoms with van der Waals surface area (Å²) in [6.45, 7) is 9.69. The zero-order valence-corrected chi connectivity index (χ0v) is 14.7. The highest BCUT2D eigenvalue weighted by atomic mass is 35.5. The molecule has 0 bridgehead atoms. The van der Waals surface area contributed by atoms with Crippen LogP contribution >= 0.6 is 11.6 Å². The summed E-state index contributed by atoms with van der Waals surface area (Å²) in [5.74, 6) is 0. The van der Waals surface area contributed by atoms with Gasteiger partial charge in [0.05, 0.1) is 0 Å². The quantitative estimate of drug-likeness (QED) is 0.863. The number of amides is 1. The third-order valence-electron chi connectivity index (χ3n) is 4.32. The first-order valence-corrected chi connectivity index (χ1v) is 7.91. The Morgan fingerprint density at radius 1 is 1.27 bits per heavy atom. The van der Waals surface area contributed by atoms with E-state index < -0.39 is 11.7 Å². The number of ether oxygens (including phenoxy) is 1. The first-order valence-electron chi connectivity index (χ1n) is 7.54. The number of benzene rings is 1. The number of carbonyl (C=O) groups excluding carboxylic acids is 1. The van der Waals surface area contributed by atoms with Crippen molar-refractivity contribution in [3.63, 3.8) is 0 Å². The van der Waals surface area contributed by atoms with E-state index >= 15 is 0 Å². The van der Waals surface area contributed by atoms with Crippen LogP contribution in [0, 0.1) is 0 Å². The molecule has 1 aliphatic rings. The summed E-state index contributed by atoms with van der Waals surface area (Å²) in [7, 11) is 0. The minimum absolute atomic E-state index is 0.184. The maximum Gasteiger partial charge on any atom is 0.412 e. The molecule has 5 heteroatoms. The molecule has 4 nitrogen and oxygen atoms in total. The molecule has 3 N–H and O–H groups in total. The Balaban J connectivity index is 2.15. The molecule has 1 amide bonds. The average molecular weight is 325 g/mol. The predicted octanol–water partition coefficient (Wildman–Crippen LogP) is 4.46. The molecule has 1 aromatic rings. The molecular formula is C17H25ClN2O2. The predicted molar refractivity (Wildman–Crippen MR) is 90.5 cm³/mol. The van der Waals surface area contributed by atoms with Gasteiger partial charge in [-0.2, -0.15) is 0 Å². The van der Waals surface area contributed by atoms with Gasteiger partial charge in [-0.1, -0.05) is 31.5 Å². The number of rotatable bonds is 3. The van der Waals surface area contributed by atoms with Crippen molar-refractivity contribution in [3.05, 3.63) is 28.8 Å². The lowest BCUT2D eigenvalue weighted by molar-refractivity contribution is 0.0636. The fourth-order valence-corrected chi connectivity index (χ4v) is 2.97. The molecular weight excluding hydrogens is 300 g/mol. The van der Waals surface area contributed by atoms with Gasteiger partial charge < -0.3 is 10.5 Å². The minimum Gasteiger partial charge on any atom is -0.444 e. The van der Waals surface area contributed by atoms with Crippen molar-refractivity contribution in [2.24, 2.45) is 5.73 Å². The van der Waals surface area contributed by atoms with Crippen LogP contribution in [0.4, 0.5) is 10.5 Å². The number of nitrogens with one attached hydrogen (secondary N) is 1. The molecule has 0 radical (unpaired) electrons. The molecule has 1 saturated carbocycles. The Morgan fingerprint density at radius 3 is 2.32 bits per heavy atom. The molecule has 0 heterocycles. The molecule has 0 spiro atoms. The monoisotopic (exact) mass is 324 g/mol. The van der Waals surface area contributed by atoms with E-state index in [1.807, 2.05) is 32.9 Å². The smallest absolute Gasteiger partial charge is 0.412 e. The van der Waals surface area contributed by atoms with Crippen LogP contribution in [0.15, 0.2) is 18.2 Å². The van der Waals surface area contributed by atoms with E-state index in [0.717, 1.165) is 18.4 Å². The van der Waals surface area contributed by atoms with Crippen LogP contribution in [0.1, 0.15) is 53.0 Å². The Kier molecular flexibility index (Phi) is 4.22. The summed E-state index contributed by atoms with van der Waals surface area (Å²) in [5.41, 5.74) is 7.06. The first kappa shape index (κ1) is 17.1. The number of carbonyl (C=O) groups is 1. The van der Waals surface area contributed by atoms with E-state index in [0.29, 0.717) is 10.7 Å². The third kappa shape index (κ3) is 3.55. The highest BCUT2D eigenvalue weighted by Crippen LogP contribution is 2.50. The standard InChI is InChI=1S/C17H25ClN2O2/c1-15(2,3)22-14(21)20-11-6-7-12(13(18)10-11)16(4,5)17(19)8-9-17/h6-7,10H,8-9,19H2,1-5H3,(H,20,21). The van der Waals surface area contributed by atoms with Gasteiger partial charge in [0.1, 0.15) is 5.60 Å². The maximum absolute atomic E-state index is 11.8. The van der Waals surface area contributed by atoms with Crippen molar-refractivity contribution in [1.82, 2.24) is 0 Å². The maximum atomic E-state index is 11.8. The van der Waals surface area contributed by atoms with E-state index in [-0.39, 0.29) is 11.0 Å². The van der Waals surface area contributed by atoms with Crippen molar-refractivity contribution < 1.29 is 9.53 Å². The van der Waals surface area contributed by atoms with Crippen molar-refractivity contribution in [2.75, 3.05) is 5.32 Å². The van der Waals surface area contributed by atoms with Crippen molar-refractivity contribution in [1.29, 1.82) is 0 Å². The lowest BCUT2D eigenvalue weighted by atomic mass is 9.76. The van der Waals surface area contributed by atoms with Crippen LogP contribution in [0.25, 0.3) is 0 Å². The second-order valence-corrected chi connectivity index (χ2v) is 8.01. The summed E-state index contributed by atoms with van der Waals surface area (Å²) < 4.78 is 5.23. The Bertz CT molecular complexity index is 587. The molecule has 0 saturated heterocycles. The topological polar surface area (TPSA) is 64.3 Å². The van der Waals surface area contributed by atoms with Gasteiger partial charge in [0.25, 0.3) is 0 Å². The highest BCUT2D eigenvalue weighted by molar-refractivity contribution is 6.31. The Hall–Kier alpha value is -1.26. The molecule has 0 unspecified atom stereocenters. The molecule has 2 rings (SSSR count). The fraction of sp³-hybridized carbons (Fsp3) is 0.588. The van der Waals surface area contributed by atoms with Gasteiger partial charge in [0, 0.05) is 21.7 Å². The summed E-state index contributed by atoms with van der Waals surface area (Å²) in [5, 5.41) is 3.30. The number of anilines is 1. The van der Waals surface area contributed by atoms with Crippen LogP contribution < -0.4 is 11.1 Å². The van der Waals surface area contributed by atoms with Crippen molar-refractivity contribution >= 4 is 23.4 Å². The van der Waals surface area contributed by atoms with Crippen molar-refractivity contribution in [3.8, 4) is 0 Å². The van der Waals surface area contributed by atoms with Gasteiger partial charge in [-0.15, -0.1) is 0 Å². The van der Waals surface area contributed by atoms with Gasteiger partial charge in [-0.25, -0.2) is 4.79 Å². The number of hydrogen-bond acceptors (Lipinski definition) is 3. The van der Waals surface area contributed by atoms with E-state index in [4.69, 9.17) is 22.1 Å². The summed E-state index contributed by atoms with van der Waals surface area (Å²) in [6.07, 6.45) is 1.52. The van der Waals surface area contributed by atoms with Gasteiger partial charge in [0.2, 0.25) is 0 Å². The largest absolute Gasteiger partial charge is 0.444 e.